The highest BCUT2D eigenvalue weighted by molar-refractivity contribution is 7.26. The van der Waals surface area contributed by atoms with Gasteiger partial charge in [-0.1, -0.05) is 73.6 Å². The van der Waals surface area contributed by atoms with Crippen molar-refractivity contribution < 1.29 is 19.8 Å². The maximum Gasteiger partial charge on any atom is 0.0729 e. The molecule has 3 rings (SSSR count). The number of hydrogen-bond donors (Lipinski definition) is 0. The van der Waals surface area contributed by atoms with Crippen LogP contribution in [0.1, 0.15) is 126 Å². The molecule has 0 aliphatic rings. The summed E-state index contributed by atoms with van der Waals surface area (Å²) in [5.41, 5.74) is 2.06. The molecule has 3 aromatic rings. The highest BCUT2D eigenvalue weighted by Crippen LogP contribution is 2.41. The number of fused-ring (bicyclic) bond motifs is 3. The van der Waals surface area contributed by atoms with Gasteiger partial charge in [0.25, 0.3) is 0 Å². The Kier molecular flexibility index (Phi) is 15.7. The van der Waals surface area contributed by atoms with Gasteiger partial charge in [-0.15, -0.1) is 11.3 Å². The highest BCUT2D eigenvalue weighted by Gasteiger charge is 2.21. The van der Waals surface area contributed by atoms with Gasteiger partial charge in [0.05, 0.1) is 11.9 Å². The lowest BCUT2D eigenvalue weighted by molar-refractivity contribution is -0.256. The molecule has 0 aliphatic heterocycles. The second-order valence-corrected chi connectivity index (χ2v) is 16.3. The molecule has 0 saturated heterocycles. The summed E-state index contributed by atoms with van der Waals surface area (Å²) in [6.45, 7) is 24.0. The van der Waals surface area contributed by atoms with Crippen LogP contribution >= 0.6 is 11.3 Å². The number of aryl methyl sites for hydroxylation is 2. The van der Waals surface area contributed by atoms with E-state index in [1.807, 2.05) is 12.1 Å². The van der Waals surface area contributed by atoms with Crippen LogP contribution < -0.4 is 10.2 Å². The summed E-state index contributed by atoms with van der Waals surface area (Å²) in [4.78, 5) is 30.1. The van der Waals surface area contributed by atoms with Crippen molar-refractivity contribution in [2.24, 2.45) is 23.7 Å². The number of carbonyl (C=O) groups is 2. The van der Waals surface area contributed by atoms with Gasteiger partial charge in [-0.2, -0.15) is 0 Å². The first-order chi connectivity index (χ1) is 22.3. The van der Waals surface area contributed by atoms with Crippen LogP contribution in [-0.2, 0) is 12.8 Å². The fraction of sp³-hybridized carbons (Fsp3) is 0.650. The van der Waals surface area contributed by atoms with Crippen LogP contribution in [0, 0.1) is 23.7 Å². The molecule has 0 amide bonds. The fourth-order valence-electron chi connectivity index (χ4n) is 6.37. The molecule has 47 heavy (non-hydrogen) atoms. The van der Waals surface area contributed by atoms with Gasteiger partial charge in [-0.3, -0.25) is 0 Å². The van der Waals surface area contributed by atoms with E-state index in [9.17, 15) is 19.8 Å². The van der Waals surface area contributed by atoms with Crippen molar-refractivity contribution in [1.29, 1.82) is 0 Å². The van der Waals surface area contributed by atoms with Crippen molar-refractivity contribution in [1.82, 2.24) is 9.80 Å². The van der Waals surface area contributed by atoms with Crippen LogP contribution in [0.25, 0.3) is 20.2 Å². The fourth-order valence-corrected chi connectivity index (χ4v) is 7.67. The highest BCUT2D eigenvalue weighted by atomic mass is 32.1. The summed E-state index contributed by atoms with van der Waals surface area (Å²) in [5.74, 6) is 0.171. The third-order valence-corrected chi connectivity index (χ3v) is 10.5. The molecule has 0 fully saturated rings. The van der Waals surface area contributed by atoms with Gasteiger partial charge < -0.3 is 29.6 Å². The normalized spacial score (nSPS) is 12.4. The van der Waals surface area contributed by atoms with E-state index in [4.69, 9.17) is 0 Å². The van der Waals surface area contributed by atoms with E-state index in [1.54, 1.807) is 12.1 Å². The summed E-state index contributed by atoms with van der Waals surface area (Å²) >= 11 is 1.44. The number of benzene rings is 2. The Bertz CT molecular complexity index is 1420. The molecule has 6 nitrogen and oxygen atoms in total. The molecule has 0 aliphatic carbocycles. The molecule has 0 saturated carbocycles. The van der Waals surface area contributed by atoms with E-state index in [2.05, 4.69) is 65.2 Å². The molecule has 1 heterocycles. The second-order valence-electron chi connectivity index (χ2n) is 15.2. The zero-order valence-electron chi connectivity index (χ0n) is 30.5. The molecular formula is C40H60N2O4S-2. The Balaban J connectivity index is 2.00. The standard InChI is InChI=1S/C40H62N2O4S/c1-27(2)16-22-41(23-17-28(3)4)20-10-12-31-26-35-37(33-13-9-14-34(39(43)44)38(33)47-35)32(36(31)40(45)46)15-11-21-42(24-18-29(5)6)25-19-30(7)8/h9,13-14,26-30H,10-12,15-25H2,1-8H3,(H,43,44)(H,45,46)/p-2. The van der Waals surface area contributed by atoms with Crippen molar-refractivity contribution in [2.45, 2.75) is 107 Å². The van der Waals surface area contributed by atoms with E-state index in [1.165, 1.54) is 11.3 Å². The van der Waals surface area contributed by atoms with Gasteiger partial charge in [-0.05, 0) is 132 Å². The molecule has 7 heteroatoms. The maximum atomic E-state index is 13.0. The summed E-state index contributed by atoms with van der Waals surface area (Å²) in [6, 6.07) is 7.23. The first-order valence-corrected chi connectivity index (χ1v) is 19.0. The average molecular weight is 665 g/mol. The summed E-state index contributed by atoms with van der Waals surface area (Å²) in [5, 5.41) is 26.7. The van der Waals surface area contributed by atoms with Crippen molar-refractivity contribution in [3.63, 3.8) is 0 Å². The largest absolute Gasteiger partial charge is 0.545 e. The van der Waals surface area contributed by atoms with E-state index in [0.29, 0.717) is 46.8 Å². The lowest BCUT2D eigenvalue weighted by Crippen LogP contribution is -2.30. The van der Waals surface area contributed by atoms with Crippen LogP contribution in [0.4, 0.5) is 0 Å². The Morgan fingerprint density at radius 2 is 1.17 bits per heavy atom. The minimum atomic E-state index is -1.21. The van der Waals surface area contributed by atoms with E-state index >= 15 is 0 Å². The quantitative estimate of drug-likeness (QED) is 0.111. The minimum Gasteiger partial charge on any atom is -0.545 e. The van der Waals surface area contributed by atoms with Gasteiger partial charge in [0.2, 0.25) is 0 Å². The van der Waals surface area contributed by atoms with E-state index in [0.717, 1.165) is 104 Å². The predicted octanol–water partition coefficient (Wildman–Crippen LogP) is 7.44. The monoisotopic (exact) mass is 664 g/mol. The van der Waals surface area contributed by atoms with E-state index in [-0.39, 0.29) is 5.56 Å². The number of nitrogens with zero attached hydrogens (tertiary/aromatic N) is 2. The SMILES string of the molecule is CC(C)CCN(CCCc1cc2sc3c(C(=O)[O-])cccc3c2c(CCCN(CCC(C)C)CCC(C)C)c1C(=O)[O-])CCC(C)C. The Morgan fingerprint density at radius 1 is 0.681 bits per heavy atom. The molecule has 0 atom stereocenters. The Morgan fingerprint density at radius 3 is 1.62 bits per heavy atom. The number of carboxylic acid groups (broad SMARTS) is 2. The Hall–Kier alpha value is -2.48. The second kappa shape index (κ2) is 18.9. The van der Waals surface area contributed by atoms with E-state index < -0.39 is 11.9 Å². The third-order valence-electron chi connectivity index (χ3n) is 9.31. The number of carboxylic acids is 2. The van der Waals surface area contributed by atoms with Gasteiger partial charge in [0.15, 0.2) is 0 Å². The molecule has 0 radical (unpaired) electrons. The van der Waals surface area contributed by atoms with Gasteiger partial charge >= 0.3 is 0 Å². The summed E-state index contributed by atoms with van der Waals surface area (Å²) < 4.78 is 1.59. The van der Waals surface area contributed by atoms with Gasteiger partial charge in [0.1, 0.15) is 0 Å². The lowest BCUT2D eigenvalue weighted by atomic mass is 9.90. The molecule has 1 aromatic heterocycles. The zero-order chi connectivity index (χ0) is 34.7. The van der Waals surface area contributed by atoms with Gasteiger partial charge in [0, 0.05) is 31.3 Å². The molecule has 0 spiro atoms. The number of hydrogen-bond acceptors (Lipinski definition) is 7. The number of aromatic carboxylic acids is 2. The summed E-state index contributed by atoms with van der Waals surface area (Å²) in [7, 11) is 0. The molecule has 0 N–H and O–H groups in total. The maximum absolute atomic E-state index is 13.0. The van der Waals surface area contributed by atoms with Crippen molar-refractivity contribution in [3.05, 3.63) is 46.5 Å². The van der Waals surface area contributed by atoms with Crippen LogP contribution in [0.5, 0.6) is 0 Å². The molecule has 262 valence electrons. The van der Waals surface area contributed by atoms with Crippen LogP contribution in [-0.4, -0.2) is 61.0 Å². The van der Waals surface area contributed by atoms with Crippen molar-refractivity contribution in [2.75, 3.05) is 39.3 Å². The average Bonchev–Trinajstić information content (AvgIpc) is 3.36. The van der Waals surface area contributed by atoms with Crippen molar-refractivity contribution >= 4 is 43.4 Å². The first-order valence-electron chi connectivity index (χ1n) is 18.2. The molecule has 0 unspecified atom stereocenters. The predicted molar refractivity (Wildman–Crippen MR) is 195 cm³/mol. The number of thiophene rings is 1. The molecule has 2 aromatic carbocycles. The Labute approximate surface area is 288 Å². The van der Waals surface area contributed by atoms with Crippen LogP contribution in [0.15, 0.2) is 24.3 Å². The number of carbonyl (C=O) groups excluding carboxylic acids is 2. The third kappa shape index (κ3) is 11.9. The van der Waals surface area contributed by atoms with Crippen molar-refractivity contribution in [3.8, 4) is 0 Å². The smallest absolute Gasteiger partial charge is 0.0729 e. The first kappa shape index (κ1) is 39.0. The van der Waals surface area contributed by atoms with Crippen LogP contribution in [0.3, 0.4) is 0 Å². The molecule has 0 bridgehead atoms. The minimum absolute atomic E-state index is 0.158. The molecular weight excluding hydrogens is 605 g/mol. The zero-order valence-corrected chi connectivity index (χ0v) is 31.3. The number of rotatable bonds is 22. The topological polar surface area (TPSA) is 86.7 Å². The van der Waals surface area contributed by atoms with Gasteiger partial charge in [-0.25, -0.2) is 0 Å². The van der Waals surface area contributed by atoms with Crippen LogP contribution in [0.2, 0.25) is 0 Å². The summed E-state index contributed by atoms with van der Waals surface area (Å²) in [6.07, 6.45) is 7.48. The lowest BCUT2D eigenvalue weighted by Gasteiger charge is -2.25.